The first-order chi connectivity index (χ1) is 10.0. The van der Waals surface area contributed by atoms with Crippen molar-refractivity contribution in [1.82, 2.24) is 0 Å². The van der Waals surface area contributed by atoms with Crippen molar-refractivity contribution in [2.45, 2.75) is 13.5 Å². The number of carbonyl (C=O) groups is 1. The second kappa shape index (κ2) is 6.51. The SMILES string of the molecule is Cc1cc(Br)cc(C=O)c1OCc1cc(F)cc(C#N)c1. The third-order valence-electron chi connectivity index (χ3n) is 2.86. The van der Waals surface area contributed by atoms with Gasteiger partial charge < -0.3 is 4.74 Å². The van der Waals surface area contributed by atoms with Crippen LogP contribution in [0.2, 0.25) is 0 Å². The molecule has 3 nitrogen and oxygen atoms in total. The summed E-state index contributed by atoms with van der Waals surface area (Å²) in [6, 6.07) is 9.38. The molecule has 0 saturated carbocycles. The topological polar surface area (TPSA) is 50.1 Å². The number of aldehydes is 1. The molecule has 2 aromatic carbocycles. The van der Waals surface area contributed by atoms with Crippen molar-refractivity contribution in [2.24, 2.45) is 0 Å². The number of hydrogen-bond donors (Lipinski definition) is 0. The molecule has 0 atom stereocenters. The van der Waals surface area contributed by atoms with Crippen LogP contribution in [0.4, 0.5) is 4.39 Å². The zero-order chi connectivity index (χ0) is 15.4. The van der Waals surface area contributed by atoms with E-state index in [0.29, 0.717) is 23.2 Å². The highest BCUT2D eigenvalue weighted by molar-refractivity contribution is 9.10. The average Bonchev–Trinajstić information content (AvgIpc) is 2.44. The summed E-state index contributed by atoms with van der Waals surface area (Å²) in [5, 5.41) is 8.82. The number of ether oxygens (including phenoxy) is 1. The number of benzene rings is 2. The second-order valence-corrected chi connectivity index (χ2v) is 5.42. The lowest BCUT2D eigenvalue weighted by atomic mass is 10.1. The number of carbonyl (C=O) groups excluding carboxylic acids is 1. The van der Waals surface area contributed by atoms with Gasteiger partial charge in [0.2, 0.25) is 0 Å². The second-order valence-electron chi connectivity index (χ2n) is 4.51. The van der Waals surface area contributed by atoms with Crippen LogP contribution in [0.25, 0.3) is 0 Å². The molecule has 0 heterocycles. The van der Waals surface area contributed by atoms with Crippen LogP contribution < -0.4 is 4.74 Å². The lowest BCUT2D eigenvalue weighted by Crippen LogP contribution is -2.01. The van der Waals surface area contributed by atoms with Gasteiger partial charge in [-0.1, -0.05) is 15.9 Å². The summed E-state index contributed by atoms with van der Waals surface area (Å²) < 4.78 is 19.8. The van der Waals surface area contributed by atoms with E-state index in [4.69, 9.17) is 10.00 Å². The molecular weight excluding hydrogens is 337 g/mol. The van der Waals surface area contributed by atoms with E-state index >= 15 is 0 Å². The van der Waals surface area contributed by atoms with Crippen molar-refractivity contribution >= 4 is 22.2 Å². The molecule has 2 rings (SSSR count). The third-order valence-corrected chi connectivity index (χ3v) is 3.32. The third kappa shape index (κ3) is 3.67. The Hall–Kier alpha value is -2.19. The van der Waals surface area contributed by atoms with Gasteiger partial charge in [0.1, 0.15) is 18.2 Å². The van der Waals surface area contributed by atoms with Crippen molar-refractivity contribution in [1.29, 1.82) is 5.26 Å². The molecule has 0 bridgehead atoms. The summed E-state index contributed by atoms with van der Waals surface area (Å²) in [4.78, 5) is 11.1. The Morgan fingerprint density at radius 2 is 2.10 bits per heavy atom. The molecule has 0 spiro atoms. The lowest BCUT2D eigenvalue weighted by molar-refractivity contribution is 0.111. The number of rotatable bonds is 4. The summed E-state index contributed by atoms with van der Waals surface area (Å²) in [6.07, 6.45) is 0.708. The van der Waals surface area contributed by atoms with Crippen LogP contribution in [0, 0.1) is 24.1 Å². The van der Waals surface area contributed by atoms with E-state index in [1.54, 1.807) is 12.1 Å². The van der Waals surface area contributed by atoms with Crippen molar-refractivity contribution in [2.75, 3.05) is 0 Å². The highest BCUT2D eigenvalue weighted by Gasteiger charge is 2.09. The lowest BCUT2D eigenvalue weighted by Gasteiger charge is -2.12. The van der Waals surface area contributed by atoms with Crippen LogP contribution in [-0.2, 0) is 6.61 Å². The summed E-state index contributed by atoms with van der Waals surface area (Å²) in [7, 11) is 0. The van der Waals surface area contributed by atoms with E-state index in [1.165, 1.54) is 6.07 Å². The number of nitrogens with zero attached hydrogens (tertiary/aromatic N) is 1. The van der Waals surface area contributed by atoms with E-state index in [1.807, 2.05) is 19.1 Å². The minimum Gasteiger partial charge on any atom is -0.488 e. The highest BCUT2D eigenvalue weighted by atomic mass is 79.9. The molecule has 0 fully saturated rings. The van der Waals surface area contributed by atoms with Crippen molar-refractivity contribution in [3.05, 3.63) is 62.9 Å². The first-order valence-electron chi connectivity index (χ1n) is 6.11. The minimum atomic E-state index is -0.490. The van der Waals surface area contributed by atoms with E-state index in [-0.39, 0.29) is 12.2 Å². The van der Waals surface area contributed by atoms with E-state index in [0.717, 1.165) is 16.1 Å². The van der Waals surface area contributed by atoms with Crippen molar-refractivity contribution < 1.29 is 13.9 Å². The number of aryl methyl sites for hydroxylation is 1. The summed E-state index contributed by atoms with van der Waals surface area (Å²) in [5.74, 6) is -0.0354. The van der Waals surface area contributed by atoms with Gasteiger partial charge in [-0.2, -0.15) is 5.26 Å². The predicted octanol–water partition coefficient (Wildman–Crippen LogP) is 4.16. The van der Waals surface area contributed by atoms with Gasteiger partial charge in [0.25, 0.3) is 0 Å². The molecule has 0 aliphatic rings. The van der Waals surface area contributed by atoms with Crippen molar-refractivity contribution in [3.8, 4) is 11.8 Å². The van der Waals surface area contributed by atoms with Crippen LogP contribution in [-0.4, -0.2) is 6.29 Å². The van der Waals surface area contributed by atoms with E-state index in [9.17, 15) is 9.18 Å². The van der Waals surface area contributed by atoms with Crippen LogP contribution in [0.1, 0.15) is 27.0 Å². The molecule has 106 valence electrons. The molecule has 0 aliphatic carbocycles. The van der Waals surface area contributed by atoms with Crippen LogP contribution in [0.15, 0.2) is 34.8 Å². The first-order valence-corrected chi connectivity index (χ1v) is 6.90. The molecule has 0 saturated heterocycles. The van der Waals surface area contributed by atoms with Gasteiger partial charge in [-0.3, -0.25) is 4.79 Å². The normalized spacial score (nSPS) is 10.0. The maximum Gasteiger partial charge on any atom is 0.153 e. The van der Waals surface area contributed by atoms with E-state index < -0.39 is 5.82 Å². The molecule has 2 aromatic rings. The maximum atomic E-state index is 13.3. The van der Waals surface area contributed by atoms with E-state index in [2.05, 4.69) is 15.9 Å². The monoisotopic (exact) mass is 347 g/mol. The van der Waals surface area contributed by atoms with Crippen LogP contribution in [0.5, 0.6) is 5.75 Å². The smallest absolute Gasteiger partial charge is 0.153 e. The largest absolute Gasteiger partial charge is 0.488 e. The first kappa shape index (κ1) is 15.2. The van der Waals surface area contributed by atoms with Gasteiger partial charge in [0.05, 0.1) is 17.2 Å². The van der Waals surface area contributed by atoms with Gasteiger partial charge in [-0.05, 0) is 48.4 Å². The minimum absolute atomic E-state index is 0.0791. The predicted molar refractivity (Wildman–Crippen MR) is 79.7 cm³/mol. The zero-order valence-corrected chi connectivity index (χ0v) is 12.8. The number of nitriles is 1. The van der Waals surface area contributed by atoms with Crippen LogP contribution in [0.3, 0.4) is 0 Å². The molecule has 0 unspecified atom stereocenters. The molecule has 0 radical (unpaired) electrons. The molecule has 21 heavy (non-hydrogen) atoms. The van der Waals surface area contributed by atoms with Gasteiger partial charge in [-0.25, -0.2) is 4.39 Å². The Balaban J connectivity index is 2.27. The molecular formula is C16H11BrFNO2. The average molecular weight is 348 g/mol. The molecule has 0 N–H and O–H groups in total. The standard InChI is InChI=1S/C16H11BrFNO2/c1-10-2-14(17)6-13(8-20)16(10)21-9-12-3-11(7-19)4-15(18)5-12/h2-6,8H,9H2,1H3. The fourth-order valence-corrected chi connectivity index (χ4v) is 2.58. The Kier molecular flexibility index (Phi) is 4.71. The van der Waals surface area contributed by atoms with Crippen LogP contribution >= 0.6 is 15.9 Å². The number of hydrogen-bond acceptors (Lipinski definition) is 3. The number of halogens is 2. The quantitative estimate of drug-likeness (QED) is 0.780. The Labute approximate surface area is 130 Å². The van der Waals surface area contributed by atoms with Gasteiger partial charge in [0.15, 0.2) is 6.29 Å². The van der Waals surface area contributed by atoms with Crippen molar-refractivity contribution in [3.63, 3.8) is 0 Å². The fourth-order valence-electron chi connectivity index (χ4n) is 1.99. The molecule has 0 aliphatic heterocycles. The van der Waals surface area contributed by atoms with Gasteiger partial charge in [0, 0.05) is 4.47 Å². The Morgan fingerprint density at radius 1 is 1.33 bits per heavy atom. The highest BCUT2D eigenvalue weighted by Crippen LogP contribution is 2.27. The van der Waals surface area contributed by atoms with Gasteiger partial charge in [-0.15, -0.1) is 0 Å². The summed E-state index contributed by atoms with van der Waals surface area (Å²) in [6.45, 7) is 1.90. The van der Waals surface area contributed by atoms with Gasteiger partial charge >= 0.3 is 0 Å². The summed E-state index contributed by atoms with van der Waals surface area (Å²) >= 11 is 3.31. The Bertz CT molecular complexity index is 738. The fraction of sp³-hybridized carbons (Fsp3) is 0.125. The molecule has 5 heteroatoms. The maximum absolute atomic E-state index is 13.3. The summed E-state index contributed by atoms with van der Waals surface area (Å²) in [5.41, 5.74) is 1.98. The Morgan fingerprint density at radius 3 is 2.76 bits per heavy atom. The molecule has 0 amide bonds. The molecule has 0 aromatic heterocycles. The zero-order valence-electron chi connectivity index (χ0n) is 11.2.